The number of amides is 1. The summed E-state index contributed by atoms with van der Waals surface area (Å²) in [6.45, 7) is 0. The van der Waals surface area contributed by atoms with Crippen molar-refractivity contribution in [1.29, 1.82) is 0 Å². The van der Waals surface area contributed by atoms with E-state index in [9.17, 15) is 17.6 Å². The summed E-state index contributed by atoms with van der Waals surface area (Å²) in [6.07, 6.45) is 5.80. The Morgan fingerprint density at radius 1 is 1.21 bits per heavy atom. The highest BCUT2D eigenvalue weighted by atomic mass is 32.2. The van der Waals surface area contributed by atoms with Crippen molar-refractivity contribution in [2.24, 2.45) is 5.92 Å². The van der Waals surface area contributed by atoms with Gasteiger partial charge in [-0.3, -0.25) is 4.79 Å². The molecule has 0 heterocycles. The molecule has 1 aromatic rings. The standard InChI is InChI=1S/C13H14FNO3S/c14-11-6-8-12(9-7-11)19(17,18)15-13(16)10-4-2-1-3-5-10/h1-2,6-10H,3-5H2,(H,15,16). The van der Waals surface area contributed by atoms with Gasteiger partial charge in [0.2, 0.25) is 5.91 Å². The van der Waals surface area contributed by atoms with Crippen LogP contribution < -0.4 is 4.72 Å². The van der Waals surface area contributed by atoms with Crippen LogP contribution in [0.15, 0.2) is 41.3 Å². The molecule has 0 saturated carbocycles. The van der Waals surface area contributed by atoms with Gasteiger partial charge in [-0.15, -0.1) is 0 Å². The monoisotopic (exact) mass is 283 g/mol. The molecule has 0 fully saturated rings. The lowest BCUT2D eigenvalue weighted by Gasteiger charge is -2.17. The molecular weight excluding hydrogens is 269 g/mol. The summed E-state index contributed by atoms with van der Waals surface area (Å²) in [7, 11) is -3.92. The van der Waals surface area contributed by atoms with E-state index >= 15 is 0 Å². The van der Waals surface area contributed by atoms with Crippen molar-refractivity contribution >= 4 is 15.9 Å². The lowest BCUT2D eigenvalue weighted by molar-refractivity contribution is -0.123. The zero-order valence-corrected chi connectivity index (χ0v) is 11.0. The van der Waals surface area contributed by atoms with Crippen LogP contribution in [0.4, 0.5) is 4.39 Å². The topological polar surface area (TPSA) is 63.2 Å². The average molecular weight is 283 g/mol. The van der Waals surface area contributed by atoms with E-state index in [4.69, 9.17) is 0 Å². The van der Waals surface area contributed by atoms with E-state index in [1.807, 2.05) is 16.9 Å². The summed E-state index contributed by atoms with van der Waals surface area (Å²) in [5, 5.41) is 0. The summed E-state index contributed by atoms with van der Waals surface area (Å²) in [6, 6.07) is 4.35. The van der Waals surface area contributed by atoms with E-state index in [1.165, 1.54) is 0 Å². The lowest BCUT2D eigenvalue weighted by atomic mass is 9.94. The second-order valence-corrected chi connectivity index (χ2v) is 6.09. The van der Waals surface area contributed by atoms with Gasteiger partial charge in [-0.25, -0.2) is 17.5 Å². The number of carbonyl (C=O) groups excluding carboxylic acids is 1. The molecule has 1 unspecified atom stereocenters. The Bertz CT molecular complexity index is 593. The van der Waals surface area contributed by atoms with Crippen molar-refractivity contribution in [2.45, 2.75) is 24.2 Å². The molecule has 0 radical (unpaired) electrons. The van der Waals surface area contributed by atoms with Crippen LogP contribution in [-0.2, 0) is 14.8 Å². The van der Waals surface area contributed by atoms with Crippen LogP contribution >= 0.6 is 0 Å². The minimum absolute atomic E-state index is 0.117. The van der Waals surface area contributed by atoms with Gasteiger partial charge in [-0.05, 0) is 43.5 Å². The number of hydrogen-bond donors (Lipinski definition) is 1. The van der Waals surface area contributed by atoms with Crippen molar-refractivity contribution in [2.75, 3.05) is 0 Å². The summed E-state index contributed by atoms with van der Waals surface area (Å²) in [5.74, 6) is -1.35. The van der Waals surface area contributed by atoms with E-state index in [0.717, 1.165) is 30.7 Å². The lowest BCUT2D eigenvalue weighted by Crippen LogP contribution is -2.36. The van der Waals surface area contributed by atoms with E-state index in [-0.39, 0.29) is 10.8 Å². The third-order valence-electron chi connectivity index (χ3n) is 3.00. The minimum Gasteiger partial charge on any atom is -0.274 e. The Morgan fingerprint density at radius 2 is 1.89 bits per heavy atom. The van der Waals surface area contributed by atoms with Gasteiger partial charge in [0.25, 0.3) is 10.0 Å². The van der Waals surface area contributed by atoms with Crippen LogP contribution in [0, 0.1) is 11.7 Å². The number of rotatable bonds is 3. The van der Waals surface area contributed by atoms with Crippen molar-refractivity contribution in [1.82, 2.24) is 4.72 Å². The summed E-state index contributed by atoms with van der Waals surface area (Å²) >= 11 is 0. The highest BCUT2D eigenvalue weighted by Crippen LogP contribution is 2.19. The molecule has 19 heavy (non-hydrogen) atoms. The Hall–Kier alpha value is -1.69. The second-order valence-electron chi connectivity index (χ2n) is 4.41. The maximum absolute atomic E-state index is 12.7. The molecule has 1 aromatic carbocycles. The first kappa shape index (κ1) is 13.7. The number of hydrogen-bond acceptors (Lipinski definition) is 3. The largest absolute Gasteiger partial charge is 0.274 e. The van der Waals surface area contributed by atoms with Crippen molar-refractivity contribution in [3.05, 3.63) is 42.2 Å². The third-order valence-corrected chi connectivity index (χ3v) is 4.36. The molecule has 0 aliphatic heterocycles. The molecule has 102 valence electrons. The Morgan fingerprint density at radius 3 is 2.47 bits per heavy atom. The third kappa shape index (κ3) is 3.41. The molecule has 1 amide bonds. The molecule has 2 rings (SSSR count). The number of carbonyl (C=O) groups is 1. The summed E-state index contributed by atoms with van der Waals surface area (Å²) < 4.78 is 38.6. The SMILES string of the molecule is O=C(NS(=O)(=O)c1ccc(F)cc1)C1CC=CCC1. The quantitative estimate of drug-likeness (QED) is 0.863. The predicted octanol–water partition coefficient (Wildman–Crippen LogP) is 1.99. The van der Waals surface area contributed by atoms with Gasteiger partial charge in [0.1, 0.15) is 5.82 Å². The van der Waals surface area contributed by atoms with Crippen molar-refractivity contribution in [3.8, 4) is 0 Å². The zero-order chi connectivity index (χ0) is 13.9. The Labute approximate surface area is 111 Å². The maximum Gasteiger partial charge on any atom is 0.264 e. The molecule has 1 aliphatic carbocycles. The van der Waals surface area contributed by atoms with E-state index in [1.54, 1.807) is 0 Å². The molecule has 0 bridgehead atoms. The number of halogens is 1. The van der Waals surface area contributed by atoms with E-state index in [0.29, 0.717) is 12.8 Å². The van der Waals surface area contributed by atoms with Crippen molar-refractivity contribution < 1.29 is 17.6 Å². The number of benzene rings is 1. The molecule has 1 N–H and O–H groups in total. The van der Waals surface area contributed by atoms with Gasteiger partial charge in [0.05, 0.1) is 4.90 Å². The molecule has 1 aliphatic rings. The van der Waals surface area contributed by atoms with Gasteiger partial charge in [0.15, 0.2) is 0 Å². The molecule has 0 saturated heterocycles. The molecular formula is C13H14FNO3S. The molecule has 6 heteroatoms. The van der Waals surface area contributed by atoms with Crippen LogP contribution in [0.25, 0.3) is 0 Å². The fraction of sp³-hybridized carbons (Fsp3) is 0.308. The maximum atomic E-state index is 12.7. The summed E-state index contributed by atoms with van der Waals surface area (Å²) in [5.41, 5.74) is 0. The van der Waals surface area contributed by atoms with Gasteiger partial charge in [0, 0.05) is 5.92 Å². The fourth-order valence-electron chi connectivity index (χ4n) is 1.92. The molecule has 0 spiro atoms. The fourth-order valence-corrected chi connectivity index (χ4v) is 2.96. The number of sulfonamides is 1. The normalized spacial score (nSPS) is 19.1. The average Bonchev–Trinajstić information content (AvgIpc) is 2.40. The van der Waals surface area contributed by atoms with Crippen LogP contribution in [-0.4, -0.2) is 14.3 Å². The van der Waals surface area contributed by atoms with Crippen LogP contribution in [0.2, 0.25) is 0 Å². The second kappa shape index (κ2) is 5.52. The highest BCUT2D eigenvalue weighted by molar-refractivity contribution is 7.90. The van der Waals surface area contributed by atoms with Gasteiger partial charge in [-0.2, -0.15) is 0 Å². The molecule has 4 nitrogen and oxygen atoms in total. The van der Waals surface area contributed by atoms with E-state index < -0.39 is 21.7 Å². The predicted molar refractivity (Wildman–Crippen MR) is 68.2 cm³/mol. The molecule has 1 atom stereocenters. The first-order chi connectivity index (χ1) is 8.99. The first-order valence-corrected chi connectivity index (χ1v) is 7.44. The summed E-state index contributed by atoms with van der Waals surface area (Å²) in [4.78, 5) is 11.7. The minimum atomic E-state index is -3.92. The van der Waals surface area contributed by atoms with Crippen LogP contribution in [0.5, 0.6) is 0 Å². The first-order valence-electron chi connectivity index (χ1n) is 5.96. The highest BCUT2D eigenvalue weighted by Gasteiger charge is 2.24. The Kier molecular flexibility index (Phi) is 3.99. The van der Waals surface area contributed by atoms with Gasteiger partial charge >= 0.3 is 0 Å². The zero-order valence-electron chi connectivity index (χ0n) is 10.2. The number of allylic oxidation sites excluding steroid dienone is 2. The van der Waals surface area contributed by atoms with E-state index in [2.05, 4.69) is 0 Å². The molecule has 0 aromatic heterocycles. The number of nitrogens with one attached hydrogen (secondary N) is 1. The van der Waals surface area contributed by atoms with Gasteiger partial charge in [-0.1, -0.05) is 12.2 Å². The van der Waals surface area contributed by atoms with Crippen LogP contribution in [0.3, 0.4) is 0 Å². The smallest absolute Gasteiger partial charge is 0.264 e. The van der Waals surface area contributed by atoms with Crippen LogP contribution in [0.1, 0.15) is 19.3 Å². The van der Waals surface area contributed by atoms with Crippen molar-refractivity contribution in [3.63, 3.8) is 0 Å². The Balaban J connectivity index is 2.10. The van der Waals surface area contributed by atoms with Gasteiger partial charge < -0.3 is 0 Å².